The number of nitrogens with zero attached hydrogens (tertiary/aromatic N) is 2. The van der Waals surface area contributed by atoms with Crippen LogP contribution in [0.4, 0.5) is 5.82 Å². The summed E-state index contributed by atoms with van der Waals surface area (Å²) < 4.78 is 2.11. The lowest BCUT2D eigenvalue weighted by molar-refractivity contribution is 0.836. The van der Waals surface area contributed by atoms with Gasteiger partial charge in [-0.2, -0.15) is 0 Å². The highest BCUT2D eigenvalue weighted by molar-refractivity contribution is 5.95. The Bertz CT molecular complexity index is 781. The topological polar surface area (TPSA) is 29.3 Å². The van der Waals surface area contributed by atoms with Crippen molar-refractivity contribution in [3.05, 3.63) is 48.3 Å². The molecule has 0 saturated carbocycles. The van der Waals surface area contributed by atoms with E-state index in [9.17, 15) is 0 Å². The van der Waals surface area contributed by atoms with Crippen LogP contribution in [0.15, 0.2) is 42.6 Å². The number of pyridine rings is 1. The van der Waals surface area contributed by atoms with Crippen LogP contribution in [0.1, 0.15) is 19.5 Å². The maximum atomic E-state index is 4.80. The number of rotatable bonds is 3. The van der Waals surface area contributed by atoms with Crippen molar-refractivity contribution in [1.29, 1.82) is 0 Å². The molecular weight excluding hydrogens is 246 g/mol. The third kappa shape index (κ3) is 2.05. The van der Waals surface area contributed by atoms with Crippen molar-refractivity contribution in [1.82, 2.24) is 9.38 Å². The van der Waals surface area contributed by atoms with Gasteiger partial charge in [-0.05, 0) is 23.4 Å². The highest BCUT2D eigenvalue weighted by Crippen LogP contribution is 2.25. The molecule has 2 heterocycles. The zero-order chi connectivity index (χ0) is 14.1. The molecule has 1 N–H and O–H groups in total. The number of anilines is 1. The number of allylic oxidation sites excluding steroid dienone is 1. The molecule has 2 aromatic heterocycles. The molecule has 102 valence electrons. The summed E-state index contributed by atoms with van der Waals surface area (Å²) in [5.41, 5.74) is 1.98. The van der Waals surface area contributed by atoms with E-state index in [2.05, 4.69) is 72.2 Å². The SMILES string of the molecule is CNc1c(/C=C/C(C)C)nc2c3ccccc3ccn12. The summed E-state index contributed by atoms with van der Waals surface area (Å²) in [6.07, 6.45) is 6.34. The fourth-order valence-electron chi connectivity index (χ4n) is 2.43. The van der Waals surface area contributed by atoms with E-state index in [4.69, 9.17) is 4.98 Å². The lowest BCUT2D eigenvalue weighted by Crippen LogP contribution is -1.95. The predicted octanol–water partition coefficient (Wildman–Crippen LogP) is 4.20. The summed E-state index contributed by atoms with van der Waals surface area (Å²) in [6.45, 7) is 4.33. The Labute approximate surface area is 119 Å². The molecule has 0 aliphatic heterocycles. The fraction of sp³-hybridized carbons (Fsp3) is 0.235. The van der Waals surface area contributed by atoms with Gasteiger partial charge in [0.15, 0.2) is 0 Å². The minimum absolute atomic E-state index is 0.515. The van der Waals surface area contributed by atoms with Crippen molar-refractivity contribution in [2.75, 3.05) is 12.4 Å². The van der Waals surface area contributed by atoms with Gasteiger partial charge in [-0.3, -0.25) is 4.40 Å². The minimum atomic E-state index is 0.515. The molecule has 0 unspecified atom stereocenters. The number of hydrogen-bond donors (Lipinski definition) is 1. The van der Waals surface area contributed by atoms with Crippen molar-refractivity contribution in [2.24, 2.45) is 5.92 Å². The van der Waals surface area contributed by atoms with E-state index in [-0.39, 0.29) is 0 Å². The van der Waals surface area contributed by atoms with Crippen LogP contribution >= 0.6 is 0 Å². The van der Waals surface area contributed by atoms with Crippen LogP contribution in [-0.2, 0) is 0 Å². The summed E-state index contributed by atoms with van der Waals surface area (Å²) in [5.74, 6) is 1.55. The van der Waals surface area contributed by atoms with Crippen molar-refractivity contribution in [3.8, 4) is 0 Å². The van der Waals surface area contributed by atoms with Crippen LogP contribution in [0.25, 0.3) is 22.5 Å². The first-order chi connectivity index (χ1) is 9.70. The van der Waals surface area contributed by atoms with Crippen molar-refractivity contribution in [2.45, 2.75) is 13.8 Å². The van der Waals surface area contributed by atoms with Crippen molar-refractivity contribution >= 4 is 28.3 Å². The molecule has 3 heteroatoms. The van der Waals surface area contributed by atoms with E-state index >= 15 is 0 Å². The van der Waals surface area contributed by atoms with Gasteiger partial charge in [0.2, 0.25) is 0 Å². The second kappa shape index (κ2) is 5.00. The number of hydrogen-bond acceptors (Lipinski definition) is 2. The molecule has 0 fully saturated rings. The van der Waals surface area contributed by atoms with Gasteiger partial charge < -0.3 is 5.32 Å². The smallest absolute Gasteiger partial charge is 0.147 e. The number of nitrogens with one attached hydrogen (secondary N) is 1. The molecule has 0 aliphatic rings. The first kappa shape index (κ1) is 12.7. The first-order valence-electron chi connectivity index (χ1n) is 6.96. The van der Waals surface area contributed by atoms with Crippen LogP contribution in [0, 0.1) is 5.92 Å². The molecule has 0 spiro atoms. The molecule has 3 nitrogen and oxygen atoms in total. The largest absolute Gasteiger partial charge is 0.372 e. The Hall–Kier alpha value is -2.29. The van der Waals surface area contributed by atoms with E-state index in [1.165, 1.54) is 10.8 Å². The molecule has 20 heavy (non-hydrogen) atoms. The average molecular weight is 265 g/mol. The molecule has 0 atom stereocenters. The van der Waals surface area contributed by atoms with Crippen LogP contribution in [0.5, 0.6) is 0 Å². The van der Waals surface area contributed by atoms with Crippen molar-refractivity contribution < 1.29 is 0 Å². The van der Waals surface area contributed by atoms with E-state index in [0.717, 1.165) is 17.2 Å². The first-order valence-corrected chi connectivity index (χ1v) is 6.96. The molecule has 0 saturated heterocycles. The molecule has 0 bridgehead atoms. The van der Waals surface area contributed by atoms with E-state index in [0.29, 0.717) is 5.92 Å². The number of benzene rings is 1. The third-order valence-corrected chi connectivity index (χ3v) is 3.42. The monoisotopic (exact) mass is 265 g/mol. The van der Waals surface area contributed by atoms with E-state index < -0.39 is 0 Å². The Kier molecular flexibility index (Phi) is 3.18. The Morgan fingerprint density at radius 3 is 2.75 bits per heavy atom. The summed E-state index contributed by atoms with van der Waals surface area (Å²) in [5, 5.41) is 5.65. The maximum absolute atomic E-state index is 4.80. The van der Waals surface area contributed by atoms with Gasteiger partial charge in [0, 0.05) is 18.6 Å². The van der Waals surface area contributed by atoms with Gasteiger partial charge >= 0.3 is 0 Å². The van der Waals surface area contributed by atoms with Crippen LogP contribution in [0.3, 0.4) is 0 Å². The highest BCUT2D eigenvalue weighted by Gasteiger charge is 2.10. The van der Waals surface area contributed by atoms with E-state index in [1.54, 1.807) is 0 Å². The predicted molar refractivity (Wildman–Crippen MR) is 86.1 cm³/mol. The molecule has 1 aromatic carbocycles. The Balaban J connectivity index is 2.29. The quantitative estimate of drug-likeness (QED) is 0.769. The summed E-state index contributed by atoms with van der Waals surface area (Å²) >= 11 is 0. The lowest BCUT2D eigenvalue weighted by Gasteiger charge is -2.03. The van der Waals surface area contributed by atoms with Crippen LogP contribution < -0.4 is 5.32 Å². The van der Waals surface area contributed by atoms with Crippen LogP contribution in [0.2, 0.25) is 0 Å². The second-order valence-corrected chi connectivity index (χ2v) is 5.30. The summed E-state index contributed by atoms with van der Waals surface area (Å²) in [4.78, 5) is 4.80. The molecule has 3 aromatic rings. The van der Waals surface area contributed by atoms with Gasteiger partial charge in [-0.1, -0.05) is 44.2 Å². The zero-order valence-corrected chi connectivity index (χ0v) is 12.1. The molecular formula is C17H19N3. The van der Waals surface area contributed by atoms with Gasteiger partial charge in [0.1, 0.15) is 17.2 Å². The molecule has 0 radical (unpaired) electrons. The fourth-order valence-corrected chi connectivity index (χ4v) is 2.43. The van der Waals surface area contributed by atoms with E-state index in [1.807, 2.05) is 7.05 Å². The Morgan fingerprint density at radius 1 is 1.20 bits per heavy atom. The number of fused-ring (bicyclic) bond motifs is 3. The van der Waals surface area contributed by atoms with Gasteiger partial charge in [-0.25, -0.2) is 4.98 Å². The number of aromatic nitrogens is 2. The lowest BCUT2D eigenvalue weighted by atomic mass is 10.2. The van der Waals surface area contributed by atoms with Gasteiger partial charge in [-0.15, -0.1) is 0 Å². The maximum Gasteiger partial charge on any atom is 0.147 e. The molecule has 0 amide bonds. The zero-order valence-electron chi connectivity index (χ0n) is 12.1. The average Bonchev–Trinajstić information content (AvgIpc) is 2.83. The molecule has 3 rings (SSSR count). The highest BCUT2D eigenvalue weighted by atomic mass is 15.1. The second-order valence-electron chi connectivity index (χ2n) is 5.30. The standard InChI is InChI=1S/C17H19N3/c1-12(2)8-9-15-17(18-3)20-11-10-13-6-4-5-7-14(13)16(20)19-15/h4-12,18H,1-3H3/b9-8+. The van der Waals surface area contributed by atoms with Crippen molar-refractivity contribution in [3.63, 3.8) is 0 Å². The number of imidazole rings is 1. The van der Waals surface area contributed by atoms with Crippen LogP contribution in [-0.4, -0.2) is 16.4 Å². The van der Waals surface area contributed by atoms with Gasteiger partial charge in [0.25, 0.3) is 0 Å². The normalized spacial score (nSPS) is 12.0. The Morgan fingerprint density at radius 2 is 2.00 bits per heavy atom. The minimum Gasteiger partial charge on any atom is -0.372 e. The molecule has 0 aliphatic carbocycles. The van der Waals surface area contributed by atoms with Gasteiger partial charge in [0.05, 0.1) is 0 Å². The summed E-state index contributed by atoms with van der Waals surface area (Å²) in [6, 6.07) is 10.5. The summed E-state index contributed by atoms with van der Waals surface area (Å²) in [7, 11) is 1.94. The third-order valence-electron chi connectivity index (χ3n) is 3.42.